The summed E-state index contributed by atoms with van der Waals surface area (Å²) in [7, 11) is -25.7. The number of nitrogens with two attached hydrogens (primary N) is 1. The van der Waals surface area contributed by atoms with E-state index in [9.17, 15) is 69.0 Å². The second kappa shape index (κ2) is 25.9. The van der Waals surface area contributed by atoms with E-state index in [0.29, 0.717) is 63.7 Å². The molecule has 0 saturated carbocycles. The number of amides is 1. The smallest absolute Gasteiger partial charge is 0.489 e. The van der Waals surface area contributed by atoms with Crippen LogP contribution < -0.4 is 26.6 Å². The Morgan fingerprint density at radius 2 is 1.54 bits per heavy atom. The van der Waals surface area contributed by atoms with E-state index in [0.717, 1.165) is 28.3 Å². The van der Waals surface area contributed by atoms with Crippen LogP contribution in [0.3, 0.4) is 0 Å². The maximum atomic E-state index is 12.7. The predicted molar refractivity (Wildman–Crippen MR) is 301 cm³/mol. The first-order valence-electron chi connectivity index (χ1n) is 26.5. The number of hydrogen-bond donors (Lipinski definition) is 8. The summed E-state index contributed by atoms with van der Waals surface area (Å²) in [4.78, 5) is 67.1. The number of imidazole rings is 1. The number of benzene rings is 2. The van der Waals surface area contributed by atoms with Gasteiger partial charge in [-0.15, -0.1) is 0 Å². The molecule has 7 atom stereocenters. The lowest BCUT2D eigenvalue weighted by Gasteiger charge is -2.25. The first kappa shape index (κ1) is 65.4. The second-order valence-corrected chi connectivity index (χ2v) is 28.7. The number of phosphoric ester groups is 1. The Bertz CT molecular complexity index is 3680. The number of rotatable bonds is 28. The van der Waals surface area contributed by atoms with Crippen LogP contribution in [0, 0.1) is 5.92 Å². The molecule has 0 spiro atoms. The highest BCUT2D eigenvalue weighted by molar-refractivity contribution is 7.86. The highest BCUT2D eigenvalue weighted by atomic mass is 32.2. The summed E-state index contributed by atoms with van der Waals surface area (Å²) in [6.07, 6.45) is 11.1. The van der Waals surface area contributed by atoms with Crippen molar-refractivity contribution in [3.63, 3.8) is 0 Å². The number of aliphatic hydroxyl groups excluding tert-OH is 1. The fourth-order valence-corrected chi connectivity index (χ4v) is 15.2. The molecule has 83 heavy (non-hydrogen) atoms. The van der Waals surface area contributed by atoms with Gasteiger partial charge < -0.3 is 49.6 Å². The number of nitrogens with one attached hydrogen (secondary N) is 3. The van der Waals surface area contributed by atoms with Gasteiger partial charge in [-0.1, -0.05) is 51.8 Å². The van der Waals surface area contributed by atoms with E-state index in [-0.39, 0.29) is 52.2 Å². The van der Waals surface area contributed by atoms with Gasteiger partial charge in [0.15, 0.2) is 16.9 Å². The molecular weight excluding hydrogens is 1190 g/mol. The van der Waals surface area contributed by atoms with Crippen LogP contribution in [0.25, 0.3) is 11.2 Å². The standard InChI is InChI=1S/C50H70N9O19P3S2/c1-7-57-37-23-21-33(82(69,70)71)28-35(37)49(3,4)40(57)18-12-10-13-19-41-50(5,6)36-29-34(83(72,73)74)22-24-38(36)58(41)27-17-11-14-20-42(60)52-25-15-8-9-16-26-54-79(63,64)77-81(67,68)78-80(65,66)75-30-39-44(61)32(2)47(76-39)59-31-53-43-45(59)55-48(51)56-46(43)62/h10,12-13,18-19,21-24,28-29,31-32,39,44,47,61H,7-9,11,14-17,20,25-27,30H2,1-6H3,(H9-,51,52,54,55,56,60,62,63,64,65,66,67,68,69,70,71,72,73,74)/p-1. The van der Waals surface area contributed by atoms with E-state index in [1.54, 1.807) is 19.1 Å². The third-order valence-corrected chi connectivity index (χ3v) is 20.7. The summed E-state index contributed by atoms with van der Waals surface area (Å²) < 4.78 is 132. The van der Waals surface area contributed by atoms with Crippen molar-refractivity contribution in [2.24, 2.45) is 5.92 Å². The Kier molecular flexibility index (Phi) is 20.4. The van der Waals surface area contributed by atoms with Gasteiger partial charge >= 0.3 is 23.4 Å². The third kappa shape index (κ3) is 15.7. The molecule has 9 N–H and O–H groups in total. The number of nitrogen functional groups attached to an aromatic ring is 1. The third-order valence-electron chi connectivity index (χ3n) is 14.6. The number of carbonyl (C=O) groups excluding carboxylic acids is 1. The fourth-order valence-electron chi connectivity index (χ4n) is 10.4. The number of aromatic nitrogens is 4. The molecule has 4 aromatic rings. The van der Waals surface area contributed by atoms with Crippen LogP contribution in [0.1, 0.15) is 110 Å². The number of hydrogen-bond acceptors (Lipinski definition) is 20. The van der Waals surface area contributed by atoms with Gasteiger partial charge in [-0.2, -0.15) is 18.2 Å². The minimum absolute atomic E-state index is 0.0298. The molecule has 1 amide bonds. The molecule has 7 rings (SSSR count). The summed E-state index contributed by atoms with van der Waals surface area (Å²) in [6, 6.07) is 8.75. The Morgan fingerprint density at radius 3 is 2.22 bits per heavy atom. The number of unbranched alkanes of at least 4 members (excludes halogenated alkanes) is 5. The number of phosphoric acid groups is 2. The molecule has 0 radical (unpaired) electrons. The zero-order valence-electron chi connectivity index (χ0n) is 46.3. The van der Waals surface area contributed by atoms with Gasteiger partial charge in [0.1, 0.15) is 39.1 Å². The van der Waals surface area contributed by atoms with E-state index in [4.69, 9.17) is 15.0 Å². The van der Waals surface area contributed by atoms with E-state index in [1.807, 2.05) is 65.0 Å². The molecule has 0 bridgehead atoms. The number of aromatic amines is 1. The summed E-state index contributed by atoms with van der Waals surface area (Å²) in [5.74, 6) is -1.10. The zero-order valence-corrected chi connectivity index (χ0v) is 50.6. The highest BCUT2D eigenvalue weighted by Gasteiger charge is 2.47. The molecule has 28 nitrogen and oxygen atoms in total. The van der Waals surface area contributed by atoms with E-state index < -0.39 is 91.0 Å². The first-order valence-corrected chi connectivity index (χ1v) is 33.9. The SMILES string of the molecule is CCN1/C(=C/C=C/C=C/C2=[N+](CCCCCC(=O)NCCCCCCNP(=O)(O)OP(=O)(O)OP(=O)(O)OCC3OC(n4cnc5c(=O)[nH]c(N)nc54)C(C)C3O)c3ccc(S(=O)(=O)[O-])cc3C2(C)C)C(C)(C)c2cc(S(=O)(=O)[O-])ccc21. The van der Waals surface area contributed by atoms with E-state index >= 15 is 0 Å². The molecule has 0 aliphatic carbocycles. The Morgan fingerprint density at radius 1 is 0.892 bits per heavy atom. The lowest BCUT2D eigenvalue weighted by molar-refractivity contribution is -0.438. The average molecular weight is 1260 g/mol. The molecule has 5 heterocycles. The summed E-state index contributed by atoms with van der Waals surface area (Å²) in [5, 5.41) is 15.7. The topological polar surface area (TPSA) is 420 Å². The van der Waals surface area contributed by atoms with Crippen LogP contribution >= 0.6 is 23.4 Å². The minimum atomic E-state index is -5.73. The number of ether oxygens (including phenoxy) is 1. The largest absolute Gasteiger partial charge is 0.744 e. The van der Waals surface area contributed by atoms with Crippen molar-refractivity contribution in [3.8, 4) is 0 Å². The number of likely N-dealkylation sites (N-methyl/N-ethyl adjacent to an activating group) is 1. The lowest BCUT2D eigenvalue weighted by Crippen LogP contribution is -2.29. The molecular formula is C50H69N9O19P3S2-. The number of carbonyl (C=O) groups is 1. The van der Waals surface area contributed by atoms with Crippen molar-refractivity contribution >= 4 is 83.7 Å². The fraction of sp³-hybridized carbons (Fsp3) is 0.500. The predicted octanol–water partition coefficient (Wildman–Crippen LogP) is 5.47. The number of anilines is 2. The summed E-state index contributed by atoms with van der Waals surface area (Å²) in [6.45, 7) is 11.8. The first-order chi connectivity index (χ1) is 38.7. The number of aliphatic hydroxyl groups is 1. The number of fused-ring (bicyclic) bond motifs is 3. The number of H-pyrrole nitrogens is 1. The van der Waals surface area contributed by atoms with Crippen molar-refractivity contribution < 1.29 is 86.7 Å². The van der Waals surface area contributed by atoms with Gasteiger partial charge in [-0.25, -0.2) is 40.6 Å². The molecule has 1 saturated heterocycles. The van der Waals surface area contributed by atoms with Crippen LogP contribution in [0.15, 0.2) is 93.4 Å². The second-order valence-electron chi connectivity index (χ2n) is 21.2. The molecule has 1 fully saturated rings. The quantitative estimate of drug-likeness (QED) is 0.0115. The molecule has 2 aromatic heterocycles. The Hall–Kier alpha value is -5.10. The Balaban J connectivity index is 0.816. The molecule has 3 aliphatic rings. The van der Waals surface area contributed by atoms with Crippen LogP contribution in [-0.2, 0) is 67.4 Å². The Labute approximate surface area is 479 Å². The van der Waals surface area contributed by atoms with Crippen LogP contribution in [0.5, 0.6) is 0 Å². The number of allylic oxidation sites excluding steroid dienone is 6. The molecule has 2 aromatic carbocycles. The monoisotopic (exact) mass is 1260 g/mol. The van der Waals surface area contributed by atoms with E-state index in [1.165, 1.54) is 35.2 Å². The van der Waals surface area contributed by atoms with Crippen molar-refractivity contribution in [2.45, 2.75) is 132 Å². The van der Waals surface area contributed by atoms with Crippen LogP contribution in [0.4, 0.5) is 17.3 Å². The van der Waals surface area contributed by atoms with Crippen LogP contribution in [0.2, 0.25) is 0 Å². The van der Waals surface area contributed by atoms with Gasteiger partial charge in [-0.05, 0) is 88.4 Å². The summed E-state index contributed by atoms with van der Waals surface area (Å²) in [5.41, 5.74) is 8.36. The van der Waals surface area contributed by atoms with Gasteiger partial charge in [0.2, 0.25) is 17.5 Å². The lowest BCUT2D eigenvalue weighted by atomic mass is 9.81. The highest BCUT2D eigenvalue weighted by Crippen LogP contribution is 2.66. The number of nitrogens with zero attached hydrogens (tertiary/aromatic N) is 5. The molecule has 33 heteroatoms. The van der Waals surface area contributed by atoms with Gasteiger partial charge in [0.25, 0.3) is 5.56 Å². The van der Waals surface area contributed by atoms with Crippen LogP contribution in [-0.4, -0.2) is 126 Å². The van der Waals surface area contributed by atoms with Gasteiger partial charge in [-0.3, -0.25) is 23.7 Å². The van der Waals surface area contributed by atoms with Crippen molar-refractivity contribution in [3.05, 3.63) is 100 Å². The maximum Gasteiger partial charge on any atom is 0.489 e. The minimum Gasteiger partial charge on any atom is -0.744 e. The van der Waals surface area contributed by atoms with Gasteiger partial charge in [0, 0.05) is 72.9 Å². The van der Waals surface area contributed by atoms with Crippen molar-refractivity contribution in [1.29, 1.82) is 0 Å². The van der Waals surface area contributed by atoms with Gasteiger partial charge in [0.05, 0.1) is 34.2 Å². The normalized spacial score (nSPS) is 22.4. The zero-order chi connectivity index (χ0) is 61.1. The van der Waals surface area contributed by atoms with Crippen molar-refractivity contribution in [2.75, 3.05) is 43.4 Å². The molecule has 3 aliphatic heterocycles. The summed E-state index contributed by atoms with van der Waals surface area (Å²) >= 11 is 0. The molecule has 456 valence electrons. The average Bonchev–Trinajstić information content (AvgIpc) is 2.03. The van der Waals surface area contributed by atoms with E-state index in [2.05, 4.69) is 43.5 Å². The molecule has 7 unspecified atom stereocenters. The van der Waals surface area contributed by atoms with Crippen molar-refractivity contribution in [1.82, 2.24) is 29.9 Å². The maximum absolute atomic E-state index is 12.7.